The number of aldehydes is 1. The molecule has 0 aromatic rings. The molecular weight excluding hydrogens is 120 g/mol. The SMILES string of the molecule is O=CC1(S)CCCC1. The van der Waals surface area contributed by atoms with Gasteiger partial charge in [0.05, 0.1) is 4.75 Å². The highest BCUT2D eigenvalue weighted by molar-refractivity contribution is 7.82. The van der Waals surface area contributed by atoms with Crippen LogP contribution in [-0.2, 0) is 4.79 Å². The molecule has 1 saturated carbocycles. The lowest BCUT2D eigenvalue weighted by atomic mass is 10.1. The van der Waals surface area contributed by atoms with Crippen molar-refractivity contribution in [1.82, 2.24) is 0 Å². The Kier molecular flexibility index (Phi) is 1.61. The van der Waals surface area contributed by atoms with E-state index in [2.05, 4.69) is 12.6 Å². The van der Waals surface area contributed by atoms with Gasteiger partial charge in [0.25, 0.3) is 0 Å². The highest BCUT2D eigenvalue weighted by Crippen LogP contribution is 2.32. The van der Waals surface area contributed by atoms with Crippen LogP contribution in [0.1, 0.15) is 25.7 Å². The monoisotopic (exact) mass is 130 g/mol. The number of hydrogen-bond donors (Lipinski definition) is 1. The predicted molar refractivity (Wildman–Crippen MR) is 36.2 cm³/mol. The maximum absolute atomic E-state index is 10.3. The highest BCUT2D eigenvalue weighted by atomic mass is 32.1. The molecule has 2 heteroatoms. The molecule has 1 nitrogen and oxygen atoms in total. The number of rotatable bonds is 1. The van der Waals surface area contributed by atoms with Crippen LogP contribution in [0.4, 0.5) is 0 Å². The smallest absolute Gasteiger partial charge is 0.135 e. The Labute approximate surface area is 54.9 Å². The number of carbonyl (C=O) groups is 1. The standard InChI is InChI=1S/C6H10OS/c7-5-6(8)3-1-2-4-6/h5,8H,1-4H2. The van der Waals surface area contributed by atoms with Crippen LogP contribution in [0.3, 0.4) is 0 Å². The second kappa shape index (κ2) is 2.09. The lowest BCUT2D eigenvalue weighted by Crippen LogP contribution is -2.16. The molecule has 1 fully saturated rings. The molecule has 1 aliphatic rings. The van der Waals surface area contributed by atoms with Gasteiger partial charge in [-0.3, -0.25) is 0 Å². The first kappa shape index (κ1) is 6.14. The van der Waals surface area contributed by atoms with Crippen LogP contribution in [0.5, 0.6) is 0 Å². The zero-order chi connectivity index (χ0) is 6.04. The third-order valence-corrected chi connectivity index (χ3v) is 2.24. The summed E-state index contributed by atoms with van der Waals surface area (Å²) in [5, 5.41) is 0. The fraction of sp³-hybridized carbons (Fsp3) is 0.833. The molecule has 0 radical (unpaired) electrons. The molecule has 8 heavy (non-hydrogen) atoms. The summed E-state index contributed by atoms with van der Waals surface area (Å²) in [6.07, 6.45) is 5.26. The number of hydrogen-bond acceptors (Lipinski definition) is 2. The van der Waals surface area contributed by atoms with Crippen LogP contribution in [0.15, 0.2) is 0 Å². The molecule has 46 valence electrons. The van der Waals surface area contributed by atoms with Crippen molar-refractivity contribution in [3.05, 3.63) is 0 Å². The third-order valence-electron chi connectivity index (χ3n) is 1.69. The van der Waals surface area contributed by atoms with Crippen molar-refractivity contribution in [2.45, 2.75) is 30.4 Å². The number of thiol groups is 1. The summed E-state index contributed by atoms with van der Waals surface area (Å²) in [6, 6.07) is 0. The van der Waals surface area contributed by atoms with E-state index in [1.54, 1.807) is 0 Å². The summed E-state index contributed by atoms with van der Waals surface area (Å²) in [4.78, 5) is 10.3. The quantitative estimate of drug-likeness (QED) is 0.419. The molecule has 0 bridgehead atoms. The summed E-state index contributed by atoms with van der Waals surface area (Å²) in [5.74, 6) is 0. The predicted octanol–water partition coefficient (Wildman–Crippen LogP) is 1.43. The van der Waals surface area contributed by atoms with Crippen molar-refractivity contribution < 1.29 is 4.79 Å². The minimum absolute atomic E-state index is 0.250. The van der Waals surface area contributed by atoms with E-state index in [1.165, 1.54) is 12.8 Å². The first-order valence-corrected chi connectivity index (χ1v) is 3.40. The summed E-state index contributed by atoms with van der Waals surface area (Å²) < 4.78 is -0.250. The van der Waals surface area contributed by atoms with Crippen molar-refractivity contribution >= 4 is 18.9 Å². The second-order valence-electron chi connectivity index (χ2n) is 2.43. The van der Waals surface area contributed by atoms with Gasteiger partial charge in [-0.05, 0) is 12.8 Å². The Morgan fingerprint density at radius 3 is 2.12 bits per heavy atom. The lowest BCUT2D eigenvalue weighted by molar-refractivity contribution is -0.109. The van der Waals surface area contributed by atoms with Gasteiger partial charge in [0, 0.05) is 0 Å². The largest absolute Gasteiger partial charge is 0.302 e. The van der Waals surface area contributed by atoms with Crippen molar-refractivity contribution in [2.75, 3.05) is 0 Å². The Bertz CT molecular complexity index is 94.7. The zero-order valence-electron chi connectivity index (χ0n) is 4.76. The van der Waals surface area contributed by atoms with Gasteiger partial charge in [0.1, 0.15) is 6.29 Å². The first-order chi connectivity index (χ1) is 3.77. The summed E-state index contributed by atoms with van der Waals surface area (Å²) in [6.45, 7) is 0. The van der Waals surface area contributed by atoms with E-state index < -0.39 is 0 Å². The fourth-order valence-corrected chi connectivity index (χ4v) is 1.42. The van der Waals surface area contributed by atoms with Crippen LogP contribution >= 0.6 is 12.6 Å². The van der Waals surface area contributed by atoms with E-state index >= 15 is 0 Å². The molecule has 0 aromatic heterocycles. The first-order valence-electron chi connectivity index (χ1n) is 2.96. The van der Waals surface area contributed by atoms with E-state index in [1.807, 2.05) is 0 Å². The second-order valence-corrected chi connectivity index (χ2v) is 3.32. The maximum atomic E-state index is 10.3. The van der Waals surface area contributed by atoms with Gasteiger partial charge in [-0.15, -0.1) is 0 Å². The van der Waals surface area contributed by atoms with Gasteiger partial charge in [0.15, 0.2) is 0 Å². The highest BCUT2D eigenvalue weighted by Gasteiger charge is 2.28. The molecule has 0 saturated heterocycles. The van der Waals surface area contributed by atoms with Crippen molar-refractivity contribution in [3.63, 3.8) is 0 Å². The molecule has 0 spiro atoms. The molecule has 0 aliphatic heterocycles. The molecule has 0 unspecified atom stereocenters. The van der Waals surface area contributed by atoms with E-state index in [0.717, 1.165) is 19.1 Å². The summed E-state index contributed by atoms with van der Waals surface area (Å²) >= 11 is 4.21. The normalized spacial score (nSPS) is 25.6. The summed E-state index contributed by atoms with van der Waals surface area (Å²) in [5.41, 5.74) is 0. The molecule has 0 aromatic carbocycles. The molecule has 0 N–H and O–H groups in total. The van der Waals surface area contributed by atoms with Crippen molar-refractivity contribution in [2.24, 2.45) is 0 Å². The Morgan fingerprint density at radius 1 is 1.38 bits per heavy atom. The van der Waals surface area contributed by atoms with Crippen LogP contribution in [0.2, 0.25) is 0 Å². The fourth-order valence-electron chi connectivity index (χ4n) is 1.11. The molecule has 0 heterocycles. The molecule has 0 atom stereocenters. The van der Waals surface area contributed by atoms with E-state index in [4.69, 9.17) is 0 Å². The minimum Gasteiger partial charge on any atom is -0.302 e. The zero-order valence-corrected chi connectivity index (χ0v) is 5.66. The van der Waals surface area contributed by atoms with Gasteiger partial charge in [0.2, 0.25) is 0 Å². The Balaban J connectivity index is 2.52. The molecule has 1 aliphatic carbocycles. The Morgan fingerprint density at radius 2 is 1.88 bits per heavy atom. The van der Waals surface area contributed by atoms with Gasteiger partial charge >= 0.3 is 0 Å². The maximum Gasteiger partial charge on any atom is 0.135 e. The van der Waals surface area contributed by atoms with E-state index in [9.17, 15) is 4.79 Å². The average Bonchev–Trinajstić information content (AvgIpc) is 2.17. The average molecular weight is 130 g/mol. The number of carbonyl (C=O) groups excluding carboxylic acids is 1. The van der Waals surface area contributed by atoms with Crippen LogP contribution in [-0.4, -0.2) is 11.0 Å². The van der Waals surface area contributed by atoms with Crippen molar-refractivity contribution in [1.29, 1.82) is 0 Å². The van der Waals surface area contributed by atoms with Gasteiger partial charge < -0.3 is 4.79 Å². The Hall–Kier alpha value is 0.0200. The molecular formula is C6H10OS. The lowest BCUT2D eigenvalue weighted by Gasteiger charge is -2.10. The van der Waals surface area contributed by atoms with Crippen molar-refractivity contribution in [3.8, 4) is 0 Å². The minimum atomic E-state index is -0.250. The third kappa shape index (κ3) is 1.05. The summed E-state index contributed by atoms with van der Waals surface area (Å²) in [7, 11) is 0. The van der Waals surface area contributed by atoms with E-state index in [0.29, 0.717) is 0 Å². The van der Waals surface area contributed by atoms with Gasteiger partial charge in [-0.2, -0.15) is 12.6 Å². The molecule has 1 rings (SSSR count). The topological polar surface area (TPSA) is 17.1 Å². The molecule has 0 amide bonds. The van der Waals surface area contributed by atoms with Crippen LogP contribution < -0.4 is 0 Å². The van der Waals surface area contributed by atoms with Crippen LogP contribution in [0.25, 0.3) is 0 Å². The van der Waals surface area contributed by atoms with Crippen LogP contribution in [0, 0.1) is 0 Å². The van der Waals surface area contributed by atoms with Gasteiger partial charge in [-0.1, -0.05) is 12.8 Å². The van der Waals surface area contributed by atoms with Gasteiger partial charge in [-0.25, -0.2) is 0 Å². The van der Waals surface area contributed by atoms with E-state index in [-0.39, 0.29) is 4.75 Å².